The van der Waals surface area contributed by atoms with Crippen molar-refractivity contribution in [1.82, 2.24) is 4.31 Å². The van der Waals surface area contributed by atoms with Crippen molar-refractivity contribution in [2.45, 2.75) is 30.2 Å². The Morgan fingerprint density at radius 3 is 2.48 bits per heavy atom. The Kier molecular flexibility index (Phi) is 5.78. The molecule has 0 spiro atoms. The molecule has 0 bridgehead atoms. The van der Waals surface area contributed by atoms with Gasteiger partial charge in [-0.1, -0.05) is 18.0 Å². The fraction of sp³-hybridized carbons (Fsp3) is 0.278. The van der Waals surface area contributed by atoms with Crippen molar-refractivity contribution in [3.05, 3.63) is 59.1 Å². The highest BCUT2D eigenvalue weighted by Crippen LogP contribution is 2.27. The Labute approximate surface area is 161 Å². The molecule has 0 aromatic heterocycles. The van der Waals surface area contributed by atoms with Crippen LogP contribution >= 0.6 is 11.6 Å². The number of nitrogens with zero attached hydrogens (tertiary/aromatic N) is 1. The number of benzene rings is 2. The summed E-state index contributed by atoms with van der Waals surface area (Å²) in [5.74, 6) is -1.69. The number of hydrogen-bond acceptors (Lipinski definition) is 3. The number of halogens is 3. The lowest BCUT2D eigenvalue weighted by Gasteiger charge is -2.33. The molecule has 0 aliphatic carbocycles. The topological polar surface area (TPSA) is 66.5 Å². The van der Waals surface area contributed by atoms with E-state index in [1.54, 1.807) is 0 Å². The van der Waals surface area contributed by atoms with Crippen LogP contribution in [0.25, 0.3) is 0 Å². The molecule has 27 heavy (non-hydrogen) atoms. The van der Waals surface area contributed by atoms with Crippen molar-refractivity contribution in [1.29, 1.82) is 0 Å². The largest absolute Gasteiger partial charge is 0.325 e. The number of amides is 1. The fourth-order valence-corrected chi connectivity index (χ4v) is 4.83. The lowest BCUT2D eigenvalue weighted by Crippen LogP contribution is -2.49. The highest BCUT2D eigenvalue weighted by molar-refractivity contribution is 7.89. The normalized spacial score (nSPS) is 18.3. The number of hydrogen-bond donors (Lipinski definition) is 1. The molecule has 1 saturated heterocycles. The van der Waals surface area contributed by atoms with Gasteiger partial charge in [0.2, 0.25) is 15.9 Å². The summed E-state index contributed by atoms with van der Waals surface area (Å²) >= 11 is 5.71. The lowest BCUT2D eigenvalue weighted by molar-refractivity contribution is -0.120. The van der Waals surface area contributed by atoms with E-state index in [0.717, 1.165) is 22.5 Å². The lowest BCUT2D eigenvalue weighted by atomic mass is 10.0. The first-order chi connectivity index (χ1) is 12.8. The number of anilines is 1. The van der Waals surface area contributed by atoms with Gasteiger partial charge in [-0.25, -0.2) is 17.2 Å². The summed E-state index contributed by atoms with van der Waals surface area (Å²) in [6.45, 7) is 0.183. The molecule has 3 rings (SSSR count). The van der Waals surface area contributed by atoms with Gasteiger partial charge in [-0.3, -0.25) is 4.79 Å². The van der Waals surface area contributed by atoms with Crippen LogP contribution in [0.15, 0.2) is 47.4 Å². The van der Waals surface area contributed by atoms with Crippen molar-refractivity contribution in [3.8, 4) is 0 Å². The second kappa shape index (κ2) is 7.92. The average molecular weight is 415 g/mol. The second-order valence-corrected chi connectivity index (χ2v) is 8.50. The van der Waals surface area contributed by atoms with Crippen LogP contribution in [0.1, 0.15) is 19.3 Å². The van der Waals surface area contributed by atoms with E-state index in [4.69, 9.17) is 11.6 Å². The van der Waals surface area contributed by atoms with Gasteiger partial charge < -0.3 is 5.32 Å². The van der Waals surface area contributed by atoms with Gasteiger partial charge in [-0.2, -0.15) is 4.31 Å². The maximum absolute atomic E-state index is 13.3. The molecule has 1 N–H and O–H groups in total. The molecule has 144 valence electrons. The molecule has 1 aliphatic rings. The minimum absolute atomic E-state index is 0.0755. The third kappa shape index (κ3) is 4.28. The Balaban J connectivity index is 1.85. The van der Waals surface area contributed by atoms with Crippen molar-refractivity contribution < 1.29 is 22.0 Å². The molecule has 0 radical (unpaired) electrons. The molecule has 1 fully saturated rings. The monoisotopic (exact) mass is 414 g/mol. The van der Waals surface area contributed by atoms with E-state index in [1.807, 2.05) is 0 Å². The molecule has 5 nitrogen and oxygen atoms in total. The first kappa shape index (κ1) is 19.7. The number of carbonyl (C=O) groups is 1. The summed E-state index contributed by atoms with van der Waals surface area (Å²) in [5, 5.41) is 2.44. The van der Waals surface area contributed by atoms with Gasteiger partial charge in [0.25, 0.3) is 0 Å². The maximum atomic E-state index is 13.3. The number of carbonyl (C=O) groups excluding carboxylic acids is 1. The van der Waals surface area contributed by atoms with Gasteiger partial charge in [-0.05, 0) is 55.3 Å². The predicted octanol–water partition coefficient (Wildman–Crippen LogP) is 3.80. The quantitative estimate of drug-likeness (QED) is 0.827. The third-order valence-corrected chi connectivity index (χ3v) is 6.58. The number of piperidine rings is 1. The molecule has 0 unspecified atom stereocenters. The van der Waals surface area contributed by atoms with E-state index in [1.165, 1.54) is 24.3 Å². The maximum Gasteiger partial charge on any atom is 0.243 e. The van der Waals surface area contributed by atoms with Crippen LogP contribution in [-0.2, 0) is 14.8 Å². The van der Waals surface area contributed by atoms with Gasteiger partial charge in [0.05, 0.1) is 9.92 Å². The van der Waals surface area contributed by atoms with Crippen LogP contribution in [0.5, 0.6) is 0 Å². The zero-order valence-corrected chi connectivity index (χ0v) is 15.7. The zero-order valence-electron chi connectivity index (χ0n) is 14.2. The summed E-state index contributed by atoms with van der Waals surface area (Å²) < 4.78 is 53.3. The Bertz CT molecular complexity index is 952. The molecular formula is C18H17ClF2N2O3S. The molecular weight excluding hydrogens is 398 g/mol. The summed E-state index contributed by atoms with van der Waals surface area (Å²) in [4.78, 5) is 12.6. The molecule has 0 saturated carbocycles. The summed E-state index contributed by atoms with van der Waals surface area (Å²) in [6, 6.07) is 7.28. The number of nitrogens with one attached hydrogen (secondary N) is 1. The van der Waals surface area contributed by atoms with Crippen LogP contribution in [0.3, 0.4) is 0 Å². The van der Waals surface area contributed by atoms with E-state index in [9.17, 15) is 22.0 Å². The number of rotatable bonds is 4. The molecule has 1 aliphatic heterocycles. The standard InChI is InChI=1S/C18H17ClF2N2O3S/c19-15-11-13(6-9-16(15)21)22-18(24)17-3-1-2-10-23(17)27(25,26)14-7-4-12(20)5-8-14/h4-9,11,17H,1-3,10H2,(H,22,24)/t17-/m0/s1. The van der Waals surface area contributed by atoms with Crippen LogP contribution < -0.4 is 5.32 Å². The summed E-state index contributed by atoms with van der Waals surface area (Å²) in [7, 11) is -3.96. The smallest absolute Gasteiger partial charge is 0.243 e. The summed E-state index contributed by atoms with van der Waals surface area (Å²) in [5.41, 5.74) is 0.274. The van der Waals surface area contributed by atoms with E-state index in [0.29, 0.717) is 19.3 Å². The second-order valence-electron chi connectivity index (χ2n) is 6.20. The average Bonchev–Trinajstić information content (AvgIpc) is 2.65. The van der Waals surface area contributed by atoms with Gasteiger partial charge in [0.1, 0.15) is 17.7 Å². The van der Waals surface area contributed by atoms with E-state index in [2.05, 4.69) is 5.32 Å². The molecule has 1 amide bonds. The van der Waals surface area contributed by atoms with E-state index >= 15 is 0 Å². The van der Waals surface area contributed by atoms with Crippen LogP contribution in [0.4, 0.5) is 14.5 Å². The first-order valence-corrected chi connectivity index (χ1v) is 10.1. The SMILES string of the molecule is O=C(Nc1ccc(F)c(Cl)c1)[C@@H]1CCCCN1S(=O)(=O)c1ccc(F)cc1. The van der Waals surface area contributed by atoms with Crippen molar-refractivity contribution >= 4 is 33.2 Å². The highest BCUT2D eigenvalue weighted by Gasteiger charge is 2.37. The number of sulfonamides is 1. The van der Waals surface area contributed by atoms with Gasteiger partial charge in [-0.15, -0.1) is 0 Å². The zero-order chi connectivity index (χ0) is 19.6. The molecule has 1 atom stereocenters. The van der Waals surface area contributed by atoms with Crippen molar-refractivity contribution in [2.75, 3.05) is 11.9 Å². The summed E-state index contributed by atoms with van der Waals surface area (Å²) in [6.07, 6.45) is 1.66. The molecule has 2 aromatic rings. The van der Waals surface area contributed by atoms with Gasteiger partial charge in [0.15, 0.2) is 0 Å². The molecule has 9 heteroatoms. The van der Waals surface area contributed by atoms with Crippen molar-refractivity contribution in [2.24, 2.45) is 0 Å². The van der Waals surface area contributed by atoms with Crippen LogP contribution in [0.2, 0.25) is 5.02 Å². The van der Waals surface area contributed by atoms with Crippen LogP contribution in [-0.4, -0.2) is 31.2 Å². The first-order valence-electron chi connectivity index (χ1n) is 8.32. The Morgan fingerprint density at radius 1 is 1.11 bits per heavy atom. The van der Waals surface area contributed by atoms with E-state index in [-0.39, 0.29) is 22.2 Å². The van der Waals surface area contributed by atoms with E-state index < -0.39 is 33.6 Å². The van der Waals surface area contributed by atoms with Crippen molar-refractivity contribution in [3.63, 3.8) is 0 Å². The van der Waals surface area contributed by atoms with Gasteiger partial charge >= 0.3 is 0 Å². The highest BCUT2D eigenvalue weighted by atomic mass is 35.5. The molecule has 2 aromatic carbocycles. The fourth-order valence-electron chi connectivity index (χ4n) is 3.00. The minimum Gasteiger partial charge on any atom is -0.325 e. The Morgan fingerprint density at radius 2 is 1.81 bits per heavy atom. The Hall–Kier alpha value is -2.03. The van der Waals surface area contributed by atoms with Crippen LogP contribution in [0, 0.1) is 11.6 Å². The van der Waals surface area contributed by atoms with Gasteiger partial charge in [0, 0.05) is 12.2 Å². The minimum atomic E-state index is -3.96. The molecule has 1 heterocycles. The predicted molar refractivity (Wildman–Crippen MR) is 98.0 cm³/mol. The third-order valence-electron chi connectivity index (χ3n) is 4.36.